The molecule has 0 bridgehead atoms. The van der Waals surface area contributed by atoms with E-state index in [9.17, 15) is 8.78 Å². The summed E-state index contributed by atoms with van der Waals surface area (Å²) in [6.45, 7) is 4.84. The third kappa shape index (κ3) is 3.19. The van der Waals surface area contributed by atoms with Gasteiger partial charge in [0.2, 0.25) is 0 Å². The van der Waals surface area contributed by atoms with Crippen molar-refractivity contribution in [2.45, 2.75) is 32.7 Å². The maximum atomic E-state index is 13.5. The highest BCUT2D eigenvalue weighted by molar-refractivity contribution is 7.05. The largest absolute Gasteiger partial charge is 0.305 e. The second-order valence-corrected chi connectivity index (χ2v) is 5.28. The SMILES string of the molecule is CCCNC(c1ccc(F)c(F)c1)c1snnc1CC. The number of hydrogen-bond donors (Lipinski definition) is 1. The van der Waals surface area contributed by atoms with E-state index in [2.05, 4.69) is 21.8 Å². The molecule has 6 heteroatoms. The quantitative estimate of drug-likeness (QED) is 0.887. The highest BCUT2D eigenvalue weighted by Gasteiger charge is 2.21. The van der Waals surface area contributed by atoms with Crippen LogP contribution in [0.25, 0.3) is 0 Å². The lowest BCUT2D eigenvalue weighted by molar-refractivity contribution is 0.503. The van der Waals surface area contributed by atoms with Crippen molar-refractivity contribution in [3.05, 3.63) is 46.0 Å². The molecule has 1 aromatic heterocycles. The average Bonchev–Trinajstić information content (AvgIpc) is 2.91. The molecule has 1 heterocycles. The lowest BCUT2D eigenvalue weighted by Crippen LogP contribution is -2.23. The Hall–Kier alpha value is -1.40. The molecule has 0 radical (unpaired) electrons. The Balaban J connectivity index is 2.38. The predicted molar refractivity (Wildman–Crippen MR) is 75.8 cm³/mol. The molecule has 0 saturated carbocycles. The van der Waals surface area contributed by atoms with Crippen LogP contribution in [0.15, 0.2) is 18.2 Å². The Morgan fingerprint density at radius 2 is 2.05 bits per heavy atom. The Morgan fingerprint density at radius 3 is 2.70 bits per heavy atom. The third-order valence-electron chi connectivity index (χ3n) is 3.06. The zero-order chi connectivity index (χ0) is 14.5. The van der Waals surface area contributed by atoms with Gasteiger partial charge in [-0.25, -0.2) is 8.78 Å². The van der Waals surface area contributed by atoms with E-state index < -0.39 is 11.6 Å². The molecule has 0 fully saturated rings. The molecule has 0 aliphatic rings. The van der Waals surface area contributed by atoms with Crippen LogP contribution in [0.3, 0.4) is 0 Å². The van der Waals surface area contributed by atoms with Crippen LogP contribution in [0.1, 0.15) is 42.4 Å². The van der Waals surface area contributed by atoms with Crippen LogP contribution in [0.4, 0.5) is 8.78 Å². The first-order valence-corrected chi connectivity index (χ1v) is 7.44. The molecule has 2 aromatic rings. The summed E-state index contributed by atoms with van der Waals surface area (Å²) < 4.78 is 30.5. The van der Waals surface area contributed by atoms with Crippen molar-refractivity contribution in [1.29, 1.82) is 0 Å². The molecule has 2 rings (SSSR count). The van der Waals surface area contributed by atoms with Crippen molar-refractivity contribution < 1.29 is 8.78 Å². The molecule has 1 N–H and O–H groups in total. The minimum atomic E-state index is -0.832. The molecule has 1 aromatic carbocycles. The number of nitrogens with zero attached hydrogens (tertiary/aromatic N) is 2. The number of aryl methyl sites for hydroxylation is 1. The maximum absolute atomic E-state index is 13.5. The fourth-order valence-corrected chi connectivity index (χ4v) is 2.87. The lowest BCUT2D eigenvalue weighted by atomic mass is 10.0. The van der Waals surface area contributed by atoms with Gasteiger partial charge in [0.1, 0.15) is 0 Å². The third-order valence-corrected chi connectivity index (χ3v) is 3.89. The van der Waals surface area contributed by atoms with E-state index >= 15 is 0 Å². The number of hydrogen-bond acceptors (Lipinski definition) is 4. The van der Waals surface area contributed by atoms with E-state index in [0.29, 0.717) is 5.56 Å². The number of aromatic nitrogens is 2. The molecule has 0 spiro atoms. The Morgan fingerprint density at radius 1 is 1.25 bits per heavy atom. The predicted octanol–water partition coefficient (Wildman–Crippen LogP) is 3.47. The van der Waals surface area contributed by atoms with Gasteiger partial charge >= 0.3 is 0 Å². The molecule has 1 unspecified atom stereocenters. The van der Waals surface area contributed by atoms with Crippen LogP contribution in [0.2, 0.25) is 0 Å². The zero-order valence-corrected chi connectivity index (χ0v) is 12.3. The monoisotopic (exact) mass is 297 g/mol. The van der Waals surface area contributed by atoms with Gasteiger partial charge in [0.05, 0.1) is 16.6 Å². The fourth-order valence-electron chi connectivity index (χ4n) is 2.02. The van der Waals surface area contributed by atoms with Crippen LogP contribution in [-0.2, 0) is 6.42 Å². The van der Waals surface area contributed by atoms with Crippen LogP contribution >= 0.6 is 11.5 Å². The van der Waals surface area contributed by atoms with E-state index in [1.807, 2.05) is 6.92 Å². The van der Waals surface area contributed by atoms with Gasteiger partial charge in [-0.2, -0.15) is 0 Å². The van der Waals surface area contributed by atoms with Crippen molar-refractivity contribution >= 4 is 11.5 Å². The zero-order valence-electron chi connectivity index (χ0n) is 11.5. The van der Waals surface area contributed by atoms with Crippen molar-refractivity contribution in [1.82, 2.24) is 14.9 Å². The molecular formula is C14H17F2N3S. The number of nitrogens with one attached hydrogen (secondary N) is 1. The van der Waals surface area contributed by atoms with Crippen molar-refractivity contribution in [2.24, 2.45) is 0 Å². The van der Waals surface area contributed by atoms with Gasteiger partial charge in [-0.15, -0.1) is 5.10 Å². The van der Waals surface area contributed by atoms with Crippen LogP contribution in [0, 0.1) is 11.6 Å². The van der Waals surface area contributed by atoms with Crippen molar-refractivity contribution in [3.63, 3.8) is 0 Å². The van der Waals surface area contributed by atoms with Gasteiger partial charge < -0.3 is 5.32 Å². The van der Waals surface area contributed by atoms with E-state index in [1.54, 1.807) is 6.07 Å². The number of benzene rings is 1. The van der Waals surface area contributed by atoms with Crippen LogP contribution in [-0.4, -0.2) is 16.1 Å². The van der Waals surface area contributed by atoms with Gasteiger partial charge in [0.25, 0.3) is 0 Å². The molecule has 0 amide bonds. The van der Waals surface area contributed by atoms with E-state index in [1.165, 1.54) is 17.6 Å². The lowest BCUT2D eigenvalue weighted by Gasteiger charge is -2.18. The first-order valence-electron chi connectivity index (χ1n) is 6.66. The maximum Gasteiger partial charge on any atom is 0.159 e. The van der Waals surface area contributed by atoms with Crippen molar-refractivity contribution in [3.8, 4) is 0 Å². The summed E-state index contributed by atoms with van der Waals surface area (Å²) in [5.41, 5.74) is 1.59. The second-order valence-electron chi connectivity index (χ2n) is 4.50. The molecule has 108 valence electrons. The van der Waals surface area contributed by atoms with Crippen LogP contribution < -0.4 is 5.32 Å². The molecule has 3 nitrogen and oxygen atoms in total. The van der Waals surface area contributed by atoms with E-state index in [-0.39, 0.29) is 6.04 Å². The molecule has 0 aliphatic carbocycles. The summed E-state index contributed by atoms with van der Waals surface area (Å²) in [4.78, 5) is 0.965. The smallest absolute Gasteiger partial charge is 0.159 e. The molecule has 1 atom stereocenters. The summed E-state index contributed by atoms with van der Waals surface area (Å²) in [5.74, 6) is -1.66. The standard InChI is InChI=1S/C14H17F2N3S/c1-3-7-17-13(14-12(4-2)18-19-20-14)9-5-6-10(15)11(16)8-9/h5-6,8,13,17H,3-4,7H2,1-2H3. The molecule has 20 heavy (non-hydrogen) atoms. The van der Waals surface area contributed by atoms with Gasteiger partial charge in [0.15, 0.2) is 11.6 Å². The van der Waals surface area contributed by atoms with E-state index in [0.717, 1.165) is 36.0 Å². The Labute approximate surface area is 121 Å². The molecular weight excluding hydrogens is 280 g/mol. The van der Waals surface area contributed by atoms with E-state index in [4.69, 9.17) is 0 Å². The molecule has 0 saturated heterocycles. The average molecular weight is 297 g/mol. The summed E-state index contributed by atoms with van der Waals surface area (Å²) >= 11 is 1.30. The van der Waals surface area contributed by atoms with Gasteiger partial charge in [-0.05, 0) is 48.6 Å². The Kier molecular flexibility index (Phi) is 5.14. The van der Waals surface area contributed by atoms with Crippen LogP contribution in [0.5, 0.6) is 0 Å². The number of rotatable bonds is 6. The topological polar surface area (TPSA) is 37.8 Å². The first kappa shape index (κ1) is 15.0. The second kappa shape index (κ2) is 6.85. The van der Waals surface area contributed by atoms with Gasteiger partial charge in [-0.1, -0.05) is 24.4 Å². The normalized spacial score (nSPS) is 12.6. The minimum absolute atomic E-state index is 0.194. The van der Waals surface area contributed by atoms with Crippen molar-refractivity contribution in [2.75, 3.05) is 6.54 Å². The summed E-state index contributed by atoms with van der Waals surface area (Å²) in [7, 11) is 0. The summed E-state index contributed by atoms with van der Waals surface area (Å²) in [5, 5.41) is 7.44. The highest BCUT2D eigenvalue weighted by Crippen LogP contribution is 2.28. The number of halogens is 2. The van der Waals surface area contributed by atoms with Gasteiger partial charge in [0, 0.05) is 0 Å². The Bertz CT molecular complexity index is 571. The fraction of sp³-hybridized carbons (Fsp3) is 0.429. The highest BCUT2D eigenvalue weighted by atomic mass is 32.1. The minimum Gasteiger partial charge on any atom is -0.305 e. The summed E-state index contributed by atoms with van der Waals surface area (Å²) in [6, 6.07) is 3.80. The first-order chi connectivity index (χ1) is 9.67. The van der Waals surface area contributed by atoms with Gasteiger partial charge in [-0.3, -0.25) is 0 Å². The summed E-state index contributed by atoms with van der Waals surface area (Å²) in [6.07, 6.45) is 1.72. The molecule has 0 aliphatic heterocycles.